The fourth-order valence-corrected chi connectivity index (χ4v) is 3.88. The fraction of sp³-hybridized carbons (Fsp3) is 0.0500. The second-order valence-electron chi connectivity index (χ2n) is 6.32. The van der Waals surface area contributed by atoms with Crippen LogP contribution >= 0.6 is 34.8 Å². The minimum atomic E-state index is -4.25. The first-order valence-electron chi connectivity index (χ1n) is 8.57. The molecule has 11 heteroatoms. The standard InChI is InChI=1S/C20H14Cl3FN2O4S/c21-12-4-2-5-13(8-12)30-17-9-14(22)16(10-18(17)31(25,28)29)26-19(27)7-11-3-1-6-15(24)20(11)23/h1-6,8-10H,7H2,(H,26,27)(H2,25,28,29). The number of halogens is 4. The van der Waals surface area contributed by atoms with Gasteiger partial charge in [0.15, 0.2) is 0 Å². The van der Waals surface area contributed by atoms with Gasteiger partial charge in [0, 0.05) is 11.1 Å². The maximum absolute atomic E-state index is 13.6. The third-order valence-corrected chi connectivity index (χ3v) is 5.92. The Morgan fingerprint density at radius 1 is 1.06 bits per heavy atom. The van der Waals surface area contributed by atoms with Gasteiger partial charge >= 0.3 is 0 Å². The van der Waals surface area contributed by atoms with Gasteiger partial charge < -0.3 is 10.1 Å². The van der Waals surface area contributed by atoms with Crippen LogP contribution in [0.25, 0.3) is 0 Å². The highest BCUT2D eigenvalue weighted by Crippen LogP contribution is 2.36. The van der Waals surface area contributed by atoms with Crippen LogP contribution in [0.5, 0.6) is 11.5 Å². The number of carbonyl (C=O) groups is 1. The van der Waals surface area contributed by atoms with Crippen LogP contribution in [0.2, 0.25) is 15.1 Å². The molecule has 0 saturated carbocycles. The normalized spacial score (nSPS) is 11.3. The Labute approximate surface area is 192 Å². The van der Waals surface area contributed by atoms with Gasteiger partial charge in [-0.3, -0.25) is 4.79 Å². The summed E-state index contributed by atoms with van der Waals surface area (Å²) in [4.78, 5) is 12.0. The number of primary sulfonamides is 1. The van der Waals surface area contributed by atoms with Crippen LogP contribution in [0.3, 0.4) is 0 Å². The van der Waals surface area contributed by atoms with Crippen molar-refractivity contribution in [3.8, 4) is 11.5 Å². The van der Waals surface area contributed by atoms with Gasteiger partial charge in [-0.05, 0) is 35.9 Å². The van der Waals surface area contributed by atoms with E-state index in [1.165, 1.54) is 24.3 Å². The Morgan fingerprint density at radius 2 is 1.77 bits per heavy atom. The van der Waals surface area contributed by atoms with Gasteiger partial charge in [-0.25, -0.2) is 17.9 Å². The molecule has 0 fully saturated rings. The SMILES string of the molecule is NS(=O)(=O)c1cc(NC(=O)Cc2cccc(F)c2Cl)c(Cl)cc1Oc1cccc(Cl)c1. The molecule has 3 rings (SSSR count). The highest BCUT2D eigenvalue weighted by atomic mass is 35.5. The molecule has 0 atom stereocenters. The molecular formula is C20H14Cl3FN2O4S. The van der Waals surface area contributed by atoms with Crippen molar-refractivity contribution in [2.75, 3.05) is 5.32 Å². The van der Waals surface area contributed by atoms with E-state index in [1.807, 2.05) is 0 Å². The van der Waals surface area contributed by atoms with Gasteiger partial charge in [-0.15, -0.1) is 0 Å². The molecule has 0 aromatic heterocycles. The van der Waals surface area contributed by atoms with Crippen LogP contribution in [0.15, 0.2) is 59.5 Å². The summed E-state index contributed by atoms with van der Waals surface area (Å²) in [6.45, 7) is 0. The summed E-state index contributed by atoms with van der Waals surface area (Å²) in [6, 6.07) is 12.6. The minimum absolute atomic E-state index is 0.0110. The van der Waals surface area contributed by atoms with E-state index < -0.39 is 26.6 Å². The largest absolute Gasteiger partial charge is 0.456 e. The molecule has 0 aliphatic rings. The quantitative estimate of drug-likeness (QED) is 0.470. The molecule has 1 amide bonds. The maximum atomic E-state index is 13.6. The van der Waals surface area contributed by atoms with Crippen LogP contribution in [-0.4, -0.2) is 14.3 Å². The number of anilines is 1. The Balaban J connectivity index is 1.91. The van der Waals surface area contributed by atoms with E-state index in [0.29, 0.717) is 5.02 Å². The number of sulfonamides is 1. The summed E-state index contributed by atoms with van der Waals surface area (Å²) in [5, 5.41) is 7.95. The average Bonchev–Trinajstić information content (AvgIpc) is 2.66. The van der Waals surface area contributed by atoms with E-state index in [9.17, 15) is 17.6 Å². The van der Waals surface area contributed by atoms with Crippen molar-refractivity contribution >= 4 is 56.4 Å². The molecule has 0 bridgehead atoms. The van der Waals surface area contributed by atoms with Crippen molar-refractivity contribution in [1.29, 1.82) is 0 Å². The molecule has 3 aromatic carbocycles. The van der Waals surface area contributed by atoms with Crippen molar-refractivity contribution in [3.63, 3.8) is 0 Å². The average molecular weight is 504 g/mol. The van der Waals surface area contributed by atoms with Gasteiger partial charge in [0.1, 0.15) is 22.2 Å². The zero-order valence-electron chi connectivity index (χ0n) is 15.5. The molecule has 3 aromatic rings. The molecule has 0 radical (unpaired) electrons. The first-order chi connectivity index (χ1) is 14.5. The summed E-state index contributed by atoms with van der Waals surface area (Å²) in [7, 11) is -4.25. The molecule has 0 unspecified atom stereocenters. The number of nitrogens with one attached hydrogen (secondary N) is 1. The second-order valence-corrected chi connectivity index (χ2v) is 9.07. The van der Waals surface area contributed by atoms with Crippen LogP contribution in [0, 0.1) is 5.82 Å². The number of benzene rings is 3. The number of hydrogen-bond donors (Lipinski definition) is 2. The van der Waals surface area contributed by atoms with Crippen molar-refractivity contribution in [1.82, 2.24) is 0 Å². The third kappa shape index (κ3) is 5.87. The summed E-state index contributed by atoms with van der Waals surface area (Å²) in [6.07, 6.45) is -0.265. The monoisotopic (exact) mass is 502 g/mol. The first kappa shape index (κ1) is 23.3. The zero-order chi connectivity index (χ0) is 22.8. The Bertz CT molecular complexity index is 1270. The first-order valence-corrected chi connectivity index (χ1v) is 11.2. The lowest BCUT2D eigenvalue weighted by molar-refractivity contribution is -0.115. The third-order valence-electron chi connectivity index (χ3n) is 4.02. The lowest BCUT2D eigenvalue weighted by Gasteiger charge is -2.14. The van der Waals surface area contributed by atoms with E-state index in [2.05, 4.69) is 5.32 Å². The molecule has 0 spiro atoms. The smallest absolute Gasteiger partial charge is 0.241 e. The number of amides is 1. The summed E-state index contributed by atoms with van der Waals surface area (Å²) >= 11 is 18.0. The molecule has 162 valence electrons. The van der Waals surface area contributed by atoms with Crippen LogP contribution in [-0.2, 0) is 21.2 Å². The molecule has 6 nitrogen and oxygen atoms in total. The number of ether oxygens (including phenoxy) is 1. The molecular weight excluding hydrogens is 490 g/mol. The lowest BCUT2D eigenvalue weighted by Crippen LogP contribution is -2.17. The lowest BCUT2D eigenvalue weighted by atomic mass is 10.1. The molecule has 0 aliphatic heterocycles. The summed E-state index contributed by atoms with van der Waals surface area (Å²) in [5.41, 5.74) is 0.226. The van der Waals surface area contributed by atoms with E-state index in [4.69, 9.17) is 44.7 Å². The van der Waals surface area contributed by atoms with E-state index >= 15 is 0 Å². The van der Waals surface area contributed by atoms with E-state index in [0.717, 1.165) is 12.1 Å². The minimum Gasteiger partial charge on any atom is -0.456 e. The molecule has 0 saturated heterocycles. The number of rotatable bonds is 6. The van der Waals surface area contributed by atoms with Gasteiger partial charge in [-0.1, -0.05) is 53.0 Å². The van der Waals surface area contributed by atoms with Crippen LogP contribution < -0.4 is 15.2 Å². The Kier molecular flexibility index (Phi) is 7.08. The van der Waals surface area contributed by atoms with Crippen molar-refractivity contribution in [3.05, 3.63) is 81.0 Å². The number of nitrogens with two attached hydrogens (primary N) is 1. The van der Waals surface area contributed by atoms with Crippen LogP contribution in [0.4, 0.5) is 10.1 Å². The molecule has 0 aliphatic carbocycles. The highest BCUT2D eigenvalue weighted by molar-refractivity contribution is 7.89. The number of carbonyl (C=O) groups excluding carboxylic acids is 1. The van der Waals surface area contributed by atoms with E-state index in [-0.39, 0.29) is 39.2 Å². The Morgan fingerprint density at radius 3 is 2.45 bits per heavy atom. The zero-order valence-corrected chi connectivity index (χ0v) is 18.6. The second kappa shape index (κ2) is 9.42. The topological polar surface area (TPSA) is 98.5 Å². The Hall–Kier alpha value is -2.36. The summed E-state index contributed by atoms with van der Waals surface area (Å²) in [5.74, 6) is -1.16. The van der Waals surface area contributed by atoms with Crippen LogP contribution in [0.1, 0.15) is 5.56 Å². The van der Waals surface area contributed by atoms with Gasteiger partial charge in [-0.2, -0.15) is 0 Å². The summed E-state index contributed by atoms with van der Waals surface area (Å²) < 4.78 is 43.3. The highest BCUT2D eigenvalue weighted by Gasteiger charge is 2.21. The maximum Gasteiger partial charge on any atom is 0.241 e. The van der Waals surface area contributed by atoms with Crippen molar-refractivity contribution in [2.24, 2.45) is 5.14 Å². The molecule has 0 heterocycles. The van der Waals surface area contributed by atoms with Gasteiger partial charge in [0.2, 0.25) is 15.9 Å². The fourth-order valence-electron chi connectivity index (χ4n) is 2.64. The van der Waals surface area contributed by atoms with E-state index in [1.54, 1.807) is 18.2 Å². The molecule has 3 N–H and O–H groups in total. The predicted molar refractivity (Wildman–Crippen MR) is 118 cm³/mol. The predicted octanol–water partition coefficient (Wildman–Crippen LogP) is 5.41. The molecule has 31 heavy (non-hydrogen) atoms. The van der Waals surface area contributed by atoms with Crippen molar-refractivity contribution in [2.45, 2.75) is 11.3 Å². The van der Waals surface area contributed by atoms with Gasteiger partial charge in [0.25, 0.3) is 0 Å². The number of hydrogen-bond acceptors (Lipinski definition) is 4. The van der Waals surface area contributed by atoms with Crippen molar-refractivity contribution < 1.29 is 22.3 Å². The van der Waals surface area contributed by atoms with Gasteiger partial charge in [0.05, 0.1) is 22.2 Å².